The summed E-state index contributed by atoms with van der Waals surface area (Å²) in [5.74, 6) is 0. The van der Waals surface area contributed by atoms with Gasteiger partial charge in [-0.2, -0.15) is 24.3 Å². The number of unbranched alkanes of at least 4 members (excludes halogenated alkanes) is 6. The molecule has 0 N–H and O–H groups in total. The first-order valence-corrected chi connectivity index (χ1v) is 22.3. The fraction of sp³-hybridized carbons (Fsp3) is 0.722. The molecule has 0 radical (unpaired) electrons. The van der Waals surface area contributed by atoms with Gasteiger partial charge in [-0.05, 0) is 61.9 Å². The molecule has 0 unspecified atom stereocenters. The molecule has 0 aliphatic carbocycles. The topological polar surface area (TPSA) is 36.9 Å². The van der Waals surface area contributed by atoms with E-state index < -0.39 is 16.6 Å². The molecule has 2 aromatic carbocycles. The zero-order valence-corrected chi connectivity index (χ0v) is 32.6. The molecule has 0 saturated carbocycles. The van der Waals surface area contributed by atoms with Gasteiger partial charge in [0.05, 0.1) is 0 Å². The van der Waals surface area contributed by atoms with Gasteiger partial charge in [0.1, 0.15) is 0 Å². The first-order chi connectivity index (χ1) is 19.7. The summed E-state index contributed by atoms with van der Waals surface area (Å²) in [6.45, 7) is 28.1. The van der Waals surface area contributed by atoms with Crippen molar-refractivity contribution in [2.45, 2.75) is 142 Å². The molecule has 0 amide bonds. The third-order valence-corrected chi connectivity index (χ3v) is 18.0. The van der Waals surface area contributed by atoms with Crippen LogP contribution in [0, 0.1) is 0 Å². The number of ether oxygens (including phenoxy) is 2. The van der Waals surface area contributed by atoms with Gasteiger partial charge in [0, 0.05) is 39.6 Å². The van der Waals surface area contributed by atoms with E-state index in [2.05, 4.69) is 116 Å². The van der Waals surface area contributed by atoms with Crippen LogP contribution in [-0.2, 0) is 48.6 Å². The van der Waals surface area contributed by atoms with E-state index in [1.165, 1.54) is 49.7 Å². The molecule has 0 aromatic heterocycles. The van der Waals surface area contributed by atoms with Gasteiger partial charge < -0.3 is 18.3 Å². The standard InChI is InChI=1S/2C18H33O2Si.Fe/c2*1-18(2,3)21(4,5)20-15-11-7-6-10-14-19-16-17-12-8-9-13-17;/h2*8-9,12-13H,6-7,10-11,14-16H2,1-5H3;/q2*-1;+2. The summed E-state index contributed by atoms with van der Waals surface area (Å²) in [5, 5.41) is 0.642. The van der Waals surface area contributed by atoms with Gasteiger partial charge >= 0.3 is 17.1 Å². The average Bonchev–Trinajstić information content (AvgIpc) is 3.60. The van der Waals surface area contributed by atoms with Crippen LogP contribution < -0.4 is 0 Å². The normalized spacial score (nSPS) is 12.5. The Bertz CT molecular complexity index is 807. The van der Waals surface area contributed by atoms with Crippen molar-refractivity contribution in [3.8, 4) is 0 Å². The molecule has 7 heteroatoms. The fourth-order valence-corrected chi connectivity index (χ4v) is 5.98. The average molecular weight is 675 g/mol. The summed E-state index contributed by atoms with van der Waals surface area (Å²) in [4.78, 5) is 0. The maximum atomic E-state index is 6.18. The van der Waals surface area contributed by atoms with Crippen molar-refractivity contribution in [3.05, 3.63) is 59.7 Å². The molecule has 250 valence electrons. The Morgan fingerprint density at radius 3 is 1.14 bits per heavy atom. The van der Waals surface area contributed by atoms with E-state index in [-0.39, 0.29) is 17.1 Å². The zero-order chi connectivity index (χ0) is 31.5. The van der Waals surface area contributed by atoms with Crippen molar-refractivity contribution in [1.82, 2.24) is 0 Å². The molecule has 0 bridgehead atoms. The monoisotopic (exact) mass is 674 g/mol. The van der Waals surface area contributed by atoms with Crippen molar-refractivity contribution in [2.24, 2.45) is 0 Å². The predicted octanol–water partition coefficient (Wildman–Crippen LogP) is 11.0. The minimum atomic E-state index is -1.54. The molecule has 0 aliphatic rings. The Morgan fingerprint density at radius 1 is 0.535 bits per heavy atom. The maximum absolute atomic E-state index is 6.18. The molecular weight excluding hydrogens is 608 g/mol. The summed E-state index contributed by atoms with van der Waals surface area (Å²) in [6.07, 6.45) is 9.62. The van der Waals surface area contributed by atoms with Gasteiger partial charge in [-0.15, -0.1) is 11.1 Å². The first kappa shape index (κ1) is 42.5. The molecule has 0 atom stereocenters. The second-order valence-electron chi connectivity index (χ2n) is 14.7. The summed E-state index contributed by atoms with van der Waals surface area (Å²) < 4.78 is 23.7. The van der Waals surface area contributed by atoms with Crippen molar-refractivity contribution < 1.29 is 35.4 Å². The molecule has 0 fully saturated rings. The van der Waals surface area contributed by atoms with E-state index in [9.17, 15) is 0 Å². The van der Waals surface area contributed by atoms with Crippen LogP contribution in [0.4, 0.5) is 0 Å². The van der Waals surface area contributed by atoms with Crippen LogP contribution in [0.5, 0.6) is 0 Å². The molecule has 2 aromatic rings. The molecule has 0 spiro atoms. The third-order valence-electron chi connectivity index (χ3n) is 8.91. The zero-order valence-electron chi connectivity index (χ0n) is 29.5. The van der Waals surface area contributed by atoms with Crippen LogP contribution >= 0.6 is 0 Å². The van der Waals surface area contributed by atoms with Gasteiger partial charge in [-0.1, -0.05) is 67.2 Å². The second kappa shape index (κ2) is 22.1. The third kappa shape index (κ3) is 19.6. The van der Waals surface area contributed by atoms with E-state index in [0.29, 0.717) is 10.1 Å². The van der Waals surface area contributed by atoms with E-state index in [1.807, 2.05) is 0 Å². The van der Waals surface area contributed by atoms with Gasteiger partial charge in [0.2, 0.25) is 0 Å². The van der Waals surface area contributed by atoms with Crippen LogP contribution in [0.2, 0.25) is 36.3 Å². The Balaban J connectivity index is 0.000000802. The van der Waals surface area contributed by atoms with Crippen LogP contribution in [-0.4, -0.2) is 43.1 Å². The molecule has 43 heavy (non-hydrogen) atoms. The smallest absolute Gasteiger partial charge is 0.417 e. The van der Waals surface area contributed by atoms with Crippen LogP contribution in [0.25, 0.3) is 0 Å². The summed E-state index contributed by atoms with van der Waals surface area (Å²) in [5.41, 5.74) is 2.55. The second-order valence-corrected chi connectivity index (χ2v) is 24.4. The Kier molecular flexibility index (Phi) is 21.8. The number of rotatable bonds is 20. The summed E-state index contributed by atoms with van der Waals surface area (Å²) in [7, 11) is -3.08. The van der Waals surface area contributed by atoms with Crippen molar-refractivity contribution in [1.29, 1.82) is 0 Å². The molecule has 2 rings (SSSR count). The van der Waals surface area contributed by atoms with Crippen molar-refractivity contribution >= 4 is 16.6 Å². The Labute approximate surface area is 279 Å². The van der Waals surface area contributed by atoms with Crippen LogP contribution in [0.15, 0.2) is 48.5 Å². The molecular formula is C36H66FeO4Si2. The first-order valence-electron chi connectivity index (χ1n) is 16.5. The largest absolute Gasteiger partial charge is 2.00 e. The van der Waals surface area contributed by atoms with Gasteiger partial charge in [-0.25, -0.2) is 24.3 Å². The molecule has 0 aliphatic heterocycles. The SMILES string of the molecule is CC(C)(C)[Si](C)(C)OCCCCCCOCc1ccc[cH-]1.CC(C)(C)[Si](C)(C)OCCCCCCOCc1ccc[cH-]1.[Fe+2]. The van der Waals surface area contributed by atoms with Crippen molar-refractivity contribution in [2.75, 3.05) is 26.4 Å². The number of hydrogen-bond acceptors (Lipinski definition) is 4. The van der Waals surface area contributed by atoms with Gasteiger partial charge in [0.15, 0.2) is 16.6 Å². The van der Waals surface area contributed by atoms with E-state index >= 15 is 0 Å². The number of hydrogen-bond donors (Lipinski definition) is 0. The van der Waals surface area contributed by atoms with Gasteiger partial charge in [0.25, 0.3) is 0 Å². The Hall–Kier alpha value is -0.507. The molecule has 0 heterocycles. The van der Waals surface area contributed by atoms with E-state index in [0.717, 1.165) is 52.5 Å². The maximum Gasteiger partial charge on any atom is 2.00 e. The van der Waals surface area contributed by atoms with Gasteiger partial charge in [-0.3, -0.25) is 0 Å². The Morgan fingerprint density at radius 2 is 0.860 bits per heavy atom. The van der Waals surface area contributed by atoms with Crippen LogP contribution in [0.1, 0.15) is 104 Å². The summed E-state index contributed by atoms with van der Waals surface area (Å²) >= 11 is 0. The predicted molar refractivity (Wildman–Crippen MR) is 187 cm³/mol. The van der Waals surface area contributed by atoms with Crippen molar-refractivity contribution in [3.63, 3.8) is 0 Å². The van der Waals surface area contributed by atoms with E-state index in [4.69, 9.17) is 18.3 Å². The molecule has 0 saturated heterocycles. The minimum absolute atomic E-state index is 0. The minimum Gasteiger partial charge on any atom is -0.417 e. The summed E-state index contributed by atoms with van der Waals surface area (Å²) in [6, 6.07) is 16.7. The fourth-order valence-electron chi connectivity index (χ4n) is 3.81. The molecule has 4 nitrogen and oxygen atoms in total. The van der Waals surface area contributed by atoms with E-state index in [1.54, 1.807) is 0 Å². The quantitative estimate of drug-likeness (QED) is 0.0796. The van der Waals surface area contributed by atoms with Crippen LogP contribution in [0.3, 0.4) is 0 Å².